The Balaban J connectivity index is 2.22. The van der Waals surface area contributed by atoms with Crippen molar-refractivity contribution >= 4 is 11.6 Å². The van der Waals surface area contributed by atoms with Crippen LogP contribution in [0.5, 0.6) is 0 Å². The summed E-state index contributed by atoms with van der Waals surface area (Å²) in [6, 6.07) is 0. The molecule has 0 spiro atoms. The van der Waals surface area contributed by atoms with Gasteiger partial charge in [-0.2, -0.15) is 0 Å². The first-order chi connectivity index (χ1) is 11.0. The van der Waals surface area contributed by atoms with Gasteiger partial charge in [0.1, 0.15) is 0 Å². The average Bonchev–Trinajstić information content (AvgIpc) is 2.95. The number of nitrogens with one attached hydrogen (secondary N) is 1. The van der Waals surface area contributed by atoms with Crippen molar-refractivity contribution in [2.45, 2.75) is 19.1 Å². The van der Waals surface area contributed by atoms with E-state index in [1.807, 2.05) is 11.8 Å². The second-order valence-corrected chi connectivity index (χ2v) is 5.99. The Morgan fingerprint density at radius 2 is 2.09 bits per heavy atom. The number of aromatic amines is 1. The first-order valence-corrected chi connectivity index (χ1v) is 7.77. The normalized spacial score (nSPS) is 24.9. The smallest absolute Gasteiger partial charge is 0.329 e. The van der Waals surface area contributed by atoms with Crippen LogP contribution in [-0.4, -0.2) is 46.5 Å². The Kier molecular flexibility index (Phi) is 4.22. The van der Waals surface area contributed by atoms with E-state index in [0.29, 0.717) is 37.8 Å². The highest BCUT2D eigenvalue weighted by atomic mass is 35.5. The molecule has 3 rings (SSSR count). The topological polar surface area (TPSA) is 92.0 Å². The van der Waals surface area contributed by atoms with Gasteiger partial charge in [0, 0.05) is 31.6 Å². The van der Waals surface area contributed by atoms with Gasteiger partial charge >= 0.3 is 5.69 Å². The second kappa shape index (κ2) is 6.03. The predicted octanol–water partition coefficient (Wildman–Crippen LogP) is -1.15. The molecule has 1 atom stereocenters. The van der Waals surface area contributed by atoms with E-state index >= 15 is 0 Å². The zero-order valence-electron chi connectivity index (χ0n) is 13.0. The first-order valence-electron chi connectivity index (χ1n) is 7.39. The molecule has 1 N–H and O–H groups in total. The SMILES string of the molecule is C/C=C(\Cl)CC1(N2CCOCC2)N=c2c(=O)[nH]c(=O)n(C)c2=N1. The van der Waals surface area contributed by atoms with E-state index in [1.54, 1.807) is 13.1 Å². The average molecular weight is 340 g/mol. The fourth-order valence-electron chi connectivity index (χ4n) is 2.78. The van der Waals surface area contributed by atoms with Crippen LogP contribution in [-0.2, 0) is 11.8 Å². The summed E-state index contributed by atoms with van der Waals surface area (Å²) in [4.78, 5) is 37.4. The summed E-state index contributed by atoms with van der Waals surface area (Å²) in [7, 11) is 1.56. The van der Waals surface area contributed by atoms with Crippen LogP contribution in [0, 0.1) is 0 Å². The van der Waals surface area contributed by atoms with Gasteiger partial charge in [0.25, 0.3) is 5.56 Å². The largest absolute Gasteiger partial charge is 0.379 e. The highest BCUT2D eigenvalue weighted by Gasteiger charge is 2.40. The van der Waals surface area contributed by atoms with E-state index in [9.17, 15) is 9.59 Å². The van der Waals surface area contributed by atoms with Crippen molar-refractivity contribution in [1.29, 1.82) is 0 Å². The molecule has 1 fully saturated rings. The molecule has 0 bridgehead atoms. The molecule has 0 radical (unpaired) electrons. The van der Waals surface area contributed by atoms with E-state index in [0.717, 1.165) is 0 Å². The number of allylic oxidation sites excluding steroid dienone is 1. The summed E-state index contributed by atoms with van der Waals surface area (Å²) in [5.41, 5.74) is -0.757. The zero-order chi connectivity index (χ0) is 16.6. The standard InChI is InChI=1S/C14H18ClN5O3/c1-3-9(15)8-14(20-4-6-23-7-5-20)17-10-11(18-14)19(2)13(22)16-12(10)21/h3H,4-8H2,1-2H3,(H,16,21,22)/b9-3-. The molecule has 2 aliphatic heterocycles. The lowest BCUT2D eigenvalue weighted by Crippen LogP contribution is -2.51. The Labute approximate surface area is 136 Å². The number of morpholine rings is 1. The van der Waals surface area contributed by atoms with Gasteiger partial charge in [-0.1, -0.05) is 17.7 Å². The maximum Gasteiger partial charge on any atom is 0.329 e. The number of rotatable bonds is 3. The van der Waals surface area contributed by atoms with Crippen molar-refractivity contribution in [3.63, 3.8) is 0 Å². The van der Waals surface area contributed by atoms with E-state index in [1.165, 1.54) is 4.57 Å². The molecule has 8 nitrogen and oxygen atoms in total. The van der Waals surface area contributed by atoms with E-state index in [4.69, 9.17) is 16.3 Å². The summed E-state index contributed by atoms with van der Waals surface area (Å²) < 4.78 is 6.68. The summed E-state index contributed by atoms with van der Waals surface area (Å²) >= 11 is 6.24. The third-order valence-electron chi connectivity index (χ3n) is 4.08. The minimum Gasteiger partial charge on any atom is -0.379 e. The molecule has 1 saturated heterocycles. The van der Waals surface area contributed by atoms with Gasteiger partial charge in [-0.15, -0.1) is 0 Å². The second-order valence-electron chi connectivity index (χ2n) is 5.50. The van der Waals surface area contributed by atoms with Crippen molar-refractivity contribution in [1.82, 2.24) is 14.5 Å². The summed E-state index contributed by atoms with van der Waals surface area (Å²) in [5.74, 6) is -1.01. The number of hydrogen-bond donors (Lipinski definition) is 1. The monoisotopic (exact) mass is 339 g/mol. The number of hydrogen-bond acceptors (Lipinski definition) is 6. The molecule has 2 aliphatic rings. The van der Waals surface area contributed by atoms with Crippen LogP contribution in [0.25, 0.3) is 0 Å². The zero-order valence-corrected chi connectivity index (χ0v) is 13.8. The molecule has 3 heterocycles. The van der Waals surface area contributed by atoms with E-state index in [-0.39, 0.29) is 10.8 Å². The summed E-state index contributed by atoms with van der Waals surface area (Å²) in [5, 5.41) is 0.761. The van der Waals surface area contributed by atoms with Crippen LogP contribution in [0.1, 0.15) is 13.3 Å². The lowest BCUT2D eigenvalue weighted by Gasteiger charge is -2.38. The van der Waals surface area contributed by atoms with Gasteiger partial charge < -0.3 is 4.74 Å². The number of fused-ring (bicyclic) bond motifs is 1. The number of ether oxygens (including phenoxy) is 1. The van der Waals surface area contributed by atoms with Crippen LogP contribution < -0.4 is 22.1 Å². The molecular weight excluding hydrogens is 322 g/mol. The van der Waals surface area contributed by atoms with Crippen molar-refractivity contribution in [2.75, 3.05) is 26.3 Å². The predicted molar refractivity (Wildman–Crippen MR) is 84.0 cm³/mol. The highest BCUT2D eigenvalue weighted by Crippen LogP contribution is 2.30. The van der Waals surface area contributed by atoms with Crippen LogP contribution >= 0.6 is 11.6 Å². The van der Waals surface area contributed by atoms with Crippen molar-refractivity contribution in [3.8, 4) is 0 Å². The Hall–Kier alpha value is -1.77. The molecule has 1 unspecified atom stereocenters. The fraction of sp³-hybridized carbons (Fsp3) is 0.571. The summed E-state index contributed by atoms with van der Waals surface area (Å²) in [6.45, 7) is 4.21. The van der Waals surface area contributed by atoms with Gasteiger partial charge in [0.15, 0.2) is 10.8 Å². The Bertz CT molecular complexity index is 881. The molecule has 0 aliphatic carbocycles. The Morgan fingerprint density at radius 3 is 2.74 bits per heavy atom. The molecule has 0 saturated carbocycles. The van der Waals surface area contributed by atoms with Gasteiger partial charge in [-0.05, 0) is 6.92 Å². The molecule has 0 amide bonds. The maximum absolute atomic E-state index is 12.1. The highest BCUT2D eigenvalue weighted by molar-refractivity contribution is 6.29. The van der Waals surface area contributed by atoms with Crippen LogP contribution in [0.15, 0.2) is 30.7 Å². The lowest BCUT2D eigenvalue weighted by molar-refractivity contribution is -0.0170. The van der Waals surface area contributed by atoms with E-state index in [2.05, 4.69) is 15.0 Å². The van der Waals surface area contributed by atoms with Gasteiger partial charge in [-0.25, -0.2) is 14.8 Å². The molecule has 0 aromatic carbocycles. The number of H-pyrrole nitrogens is 1. The minimum atomic E-state index is -1.01. The molecule has 9 heteroatoms. The first kappa shape index (κ1) is 16.1. The number of halogens is 1. The van der Waals surface area contributed by atoms with Crippen LogP contribution in [0.4, 0.5) is 0 Å². The molecule has 1 aromatic rings. The van der Waals surface area contributed by atoms with Crippen LogP contribution in [0.3, 0.4) is 0 Å². The van der Waals surface area contributed by atoms with Crippen molar-refractivity contribution in [2.24, 2.45) is 17.0 Å². The maximum atomic E-state index is 12.1. The quantitative estimate of drug-likeness (QED) is 0.752. The van der Waals surface area contributed by atoms with E-state index < -0.39 is 17.0 Å². The fourth-order valence-corrected chi connectivity index (χ4v) is 2.96. The number of nitrogens with zero attached hydrogens (tertiary/aromatic N) is 4. The molecule has 124 valence electrons. The molecule has 23 heavy (non-hydrogen) atoms. The third-order valence-corrected chi connectivity index (χ3v) is 4.43. The molecular formula is C14H18ClN5O3. The van der Waals surface area contributed by atoms with Crippen LogP contribution in [0.2, 0.25) is 0 Å². The third kappa shape index (κ3) is 2.77. The number of aromatic nitrogens is 2. The lowest BCUT2D eigenvalue weighted by atomic mass is 10.2. The van der Waals surface area contributed by atoms with Crippen molar-refractivity contribution < 1.29 is 4.74 Å². The molecule has 1 aromatic heterocycles. The van der Waals surface area contributed by atoms with Crippen molar-refractivity contribution in [3.05, 3.63) is 42.8 Å². The Morgan fingerprint density at radius 1 is 1.39 bits per heavy atom. The van der Waals surface area contributed by atoms with Gasteiger partial charge in [0.05, 0.1) is 13.2 Å². The summed E-state index contributed by atoms with van der Waals surface area (Å²) in [6.07, 6.45) is 2.12. The minimum absolute atomic E-state index is 0.166. The van der Waals surface area contributed by atoms with Gasteiger partial charge in [-0.3, -0.25) is 19.2 Å². The van der Waals surface area contributed by atoms with Gasteiger partial charge in [0.2, 0.25) is 5.79 Å².